The highest BCUT2D eigenvalue weighted by molar-refractivity contribution is 5.82. The van der Waals surface area contributed by atoms with Gasteiger partial charge in [0.15, 0.2) is 0 Å². The van der Waals surface area contributed by atoms with Gasteiger partial charge in [0.2, 0.25) is 0 Å². The summed E-state index contributed by atoms with van der Waals surface area (Å²) in [4.78, 5) is 4.43. The Balaban J connectivity index is 2.14. The first-order valence-corrected chi connectivity index (χ1v) is 5.53. The molecule has 0 saturated heterocycles. The molecule has 2 rings (SSSR count). The van der Waals surface area contributed by atoms with Crippen LogP contribution in [-0.4, -0.2) is 13.3 Å². The van der Waals surface area contributed by atoms with E-state index in [1.54, 1.807) is 7.11 Å². The minimum absolute atomic E-state index is 0.859. The summed E-state index contributed by atoms with van der Waals surface area (Å²) < 4.78 is 5.10. The van der Waals surface area contributed by atoms with Crippen molar-refractivity contribution in [2.24, 2.45) is 4.99 Å². The molecule has 0 atom stereocenters. The van der Waals surface area contributed by atoms with Crippen LogP contribution in [0.1, 0.15) is 11.1 Å². The number of benzene rings is 2. The summed E-state index contributed by atoms with van der Waals surface area (Å²) in [5, 5.41) is 0. The molecule has 0 radical (unpaired) electrons. The predicted octanol–water partition coefficient (Wildman–Crippen LogP) is 3.75. The summed E-state index contributed by atoms with van der Waals surface area (Å²) in [7, 11) is 1.66. The second kappa shape index (κ2) is 5.30. The summed E-state index contributed by atoms with van der Waals surface area (Å²) in [5.41, 5.74) is 3.25. The highest BCUT2D eigenvalue weighted by Crippen LogP contribution is 2.14. The normalized spacial score (nSPS) is 10.7. The highest BCUT2D eigenvalue weighted by Gasteiger charge is 1.92. The van der Waals surface area contributed by atoms with Crippen LogP contribution >= 0.6 is 0 Å². The second-order valence-corrected chi connectivity index (χ2v) is 3.87. The van der Waals surface area contributed by atoms with Crippen LogP contribution in [0.5, 0.6) is 5.75 Å². The number of ether oxygens (including phenoxy) is 1. The highest BCUT2D eigenvalue weighted by atomic mass is 16.5. The number of nitrogens with zero attached hydrogens (tertiary/aromatic N) is 1. The molecule has 0 amide bonds. The molecule has 0 aliphatic carbocycles. The molecule has 0 spiro atoms. The first kappa shape index (κ1) is 11.4. The molecule has 2 heteroatoms. The van der Waals surface area contributed by atoms with Gasteiger partial charge in [-0.25, -0.2) is 0 Å². The second-order valence-electron chi connectivity index (χ2n) is 3.87. The Morgan fingerprint density at radius 1 is 1.06 bits per heavy atom. The molecule has 0 bridgehead atoms. The van der Waals surface area contributed by atoms with E-state index >= 15 is 0 Å². The van der Waals surface area contributed by atoms with Crippen molar-refractivity contribution in [3.8, 4) is 5.75 Å². The van der Waals surface area contributed by atoms with Gasteiger partial charge in [0.1, 0.15) is 5.75 Å². The number of hydrogen-bond donors (Lipinski definition) is 0. The number of aliphatic imine (C=N–C) groups is 1. The quantitative estimate of drug-likeness (QED) is 0.729. The maximum atomic E-state index is 5.10. The fourth-order valence-electron chi connectivity index (χ4n) is 1.55. The number of aryl methyl sites for hydroxylation is 1. The van der Waals surface area contributed by atoms with Gasteiger partial charge < -0.3 is 4.74 Å². The molecule has 2 nitrogen and oxygen atoms in total. The minimum Gasteiger partial charge on any atom is -0.497 e. The summed E-state index contributed by atoms with van der Waals surface area (Å²) in [6, 6.07) is 15.9. The van der Waals surface area contributed by atoms with Gasteiger partial charge in [0.25, 0.3) is 0 Å². The number of rotatable bonds is 3. The molecule has 0 N–H and O–H groups in total. The van der Waals surface area contributed by atoms with E-state index in [4.69, 9.17) is 4.74 Å². The summed E-state index contributed by atoms with van der Waals surface area (Å²) in [6.45, 7) is 2.06. The molecule has 17 heavy (non-hydrogen) atoms. The van der Waals surface area contributed by atoms with Gasteiger partial charge in [-0.15, -0.1) is 0 Å². The van der Waals surface area contributed by atoms with Crippen molar-refractivity contribution in [3.05, 3.63) is 59.7 Å². The molecule has 0 fully saturated rings. The molecule has 0 aromatic heterocycles. The summed E-state index contributed by atoms with van der Waals surface area (Å²) in [5.74, 6) is 0.859. The van der Waals surface area contributed by atoms with Gasteiger partial charge in [0.05, 0.1) is 12.8 Å². The van der Waals surface area contributed by atoms with Crippen LogP contribution in [0.15, 0.2) is 53.5 Å². The topological polar surface area (TPSA) is 21.6 Å². The average Bonchev–Trinajstić information content (AvgIpc) is 2.37. The van der Waals surface area contributed by atoms with E-state index in [1.165, 1.54) is 5.56 Å². The van der Waals surface area contributed by atoms with Crippen molar-refractivity contribution in [3.63, 3.8) is 0 Å². The van der Waals surface area contributed by atoms with Gasteiger partial charge in [0, 0.05) is 6.21 Å². The average molecular weight is 225 g/mol. The Labute approximate surface area is 102 Å². The molecule has 0 aliphatic heterocycles. The molecule has 0 saturated carbocycles. The van der Waals surface area contributed by atoms with E-state index < -0.39 is 0 Å². The van der Waals surface area contributed by atoms with Crippen molar-refractivity contribution in [2.45, 2.75) is 6.92 Å². The Kier molecular flexibility index (Phi) is 3.55. The smallest absolute Gasteiger partial charge is 0.118 e. The third kappa shape index (κ3) is 3.18. The van der Waals surface area contributed by atoms with Gasteiger partial charge >= 0.3 is 0 Å². The van der Waals surface area contributed by atoms with Crippen molar-refractivity contribution in [1.29, 1.82) is 0 Å². The lowest BCUT2D eigenvalue weighted by Crippen LogP contribution is -1.84. The fraction of sp³-hybridized carbons (Fsp3) is 0.133. The van der Waals surface area contributed by atoms with E-state index in [1.807, 2.05) is 42.6 Å². The Morgan fingerprint density at radius 2 is 1.82 bits per heavy atom. The van der Waals surface area contributed by atoms with Crippen molar-refractivity contribution < 1.29 is 4.74 Å². The largest absolute Gasteiger partial charge is 0.497 e. The van der Waals surface area contributed by atoms with E-state index in [2.05, 4.69) is 24.0 Å². The van der Waals surface area contributed by atoms with Crippen molar-refractivity contribution >= 4 is 11.9 Å². The van der Waals surface area contributed by atoms with Crippen LogP contribution < -0.4 is 4.74 Å². The molecule has 2 aromatic carbocycles. The first-order valence-electron chi connectivity index (χ1n) is 5.53. The molecule has 0 heterocycles. The number of hydrogen-bond acceptors (Lipinski definition) is 2. The van der Waals surface area contributed by atoms with Gasteiger partial charge in [-0.3, -0.25) is 4.99 Å². The van der Waals surface area contributed by atoms with E-state index in [-0.39, 0.29) is 0 Å². The van der Waals surface area contributed by atoms with Crippen molar-refractivity contribution in [1.82, 2.24) is 0 Å². The first-order chi connectivity index (χ1) is 8.28. The Morgan fingerprint density at radius 3 is 2.47 bits per heavy atom. The zero-order chi connectivity index (χ0) is 12.1. The van der Waals surface area contributed by atoms with Crippen LogP contribution in [-0.2, 0) is 0 Å². The third-order valence-electron chi connectivity index (χ3n) is 2.48. The molecule has 0 aliphatic rings. The summed E-state index contributed by atoms with van der Waals surface area (Å²) >= 11 is 0. The van der Waals surface area contributed by atoms with Gasteiger partial charge in [-0.1, -0.05) is 12.1 Å². The Bertz CT molecular complexity index is 515. The number of methoxy groups -OCH3 is 1. The van der Waals surface area contributed by atoms with Crippen LogP contribution in [0.3, 0.4) is 0 Å². The maximum Gasteiger partial charge on any atom is 0.118 e. The molecular weight excluding hydrogens is 210 g/mol. The van der Waals surface area contributed by atoms with Crippen LogP contribution in [0.25, 0.3) is 0 Å². The zero-order valence-electron chi connectivity index (χ0n) is 10.1. The zero-order valence-corrected chi connectivity index (χ0v) is 10.1. The maximum absolute atomic E-state index is 5.10. The monoisotopic (exact) mass is 225 g/mol. The van der Waals surface area contributed by atoms with E-state index in [0.29, 0.717) is 0 Å². The Hall–Kier alpha value is -2.09. The standard InChI is InChI=1S/C15H15NO/c1-12-4-3-5-14(10-12)16-11-13-6-8-15(17-2)9-7-13/h3-11H,1-2H3. The summed E-state index contributed by atoms with van der Waals surface area (Å²) in [6.07, 6.45) is 1.86. The van der Waals surface area contributed by atoms with Crippen molar-refractivity contribution in [2.75, 3.05) is 7.11 Å². The lowest BCUT2D eigenvalue weighted by Gasteiger charge is -1.99. The fourth-order valence-corrected chi connectivity index (χ4v) is 1.55. The predicted molar refractivity (Wildman–Crippen MR) is 71.4 cm³/mol. The van der Waals surface area contributed by atoms with Crippen LogP contribution in [0.2, 0.25) is 0 Å². The van der Waals surface area contributed by atoms with Crippen LogP contribution in [0, 0.1) is 6.92 Å². The third-order valence-corrected chi connectivity index (χ3v) is 2.48. The SMILES string of the molecule is COc1ccc(C=Nc2cccc(C)c2)cc1. The van der Waals surface area contributed by atoms with Crippen LogP contribution in [0.4, 0.5) is 5.69 Å². The van der Waals surface area contributed by atoms with Gasteiger partial charge in [-0.2, -0.15) is 0 Å². The molecule has 2 aromatic rings. The molecular formula is C15H15NO. The minimum atomic E-state index is 0.859. The molecule has 0 unspecified atom stereocenters. The van der Waals surface area contributed by atoms with E-state index in [9.17, 15) is 0 Å². The molecule has 86 valence electrons. The lowest BCUT2D eigenvalue weighted by atomic mass is 10.2. The van der Waals surface area contributed by atoms with Gasteiger partial charge in [-0.05, 0) is 54.4 Å². The van der Waals surface area contributed by atoms with E-state index in [0.717, 1.165) is 17.0 Å². The lowest BCUT2D eigenvalue weighted by molar-refractivity contribution is 0.415.